The standard InChI is InChI=1S/C19H22N2O5S/c1-13-8-10-15(11-9-13)27(25,26)20-17-7-5-4-6-16(17)18(22)21(3)12-14(2)19(23)24/h4-11,14,20H,12H2,1-3H3,(H,23,24). The van der Waals surface area contributed by atoms with E-state index in [1.165, 1.54) is 43.1 Å². The van der Waals surface area contributed by atoms with Crippen molar-refractivity contribution in [2.75, 3.05) is 18.3 Å². The van der Waals surface area contributed by atoms with Gasteiger partial charge in [0.1, 0.15) is 0 Å². The largest absolute Gasteiger partial charge is 0.481 e. The first-order valence-electron chi connectivity index (χ1n) is 8.28. The van der Waals surface area contributed by atoms with Gasteiger partial charge in [0.15, 0.2) is 0 Å². The molecule has 8 heteroatoms. The molecule has 2 aromatic rings. The number of nitrogens with zero attached hydrogens (tertiary/aromatic N) is 1. The first-order chi connectivity index (χ1) is 12.6. The summed E-state index contributed by atoms with van der Waals surface area (Å²) in [5, 5.41) is 9.01. The highest BCUT2D eigenvalue weighted by Gasteiger charge is 2.22. The van der Waals surface area contributed by atoms with Gasteiger partial charge in [0.05, 0.1) is 22.1 Å². The van der Waals surface area contributed by atoms with Crippen LogP contribution in [0.3, 0.4) is 0 Å². The third kappa shape index (κ3) is 5.07. The monoisotopic (exact) mass is 390 g/mol. The van der Waals surface area contributed by atoms with Gasteiger partial charge in [-0.05, 0) is 31.2 Å². The Morgan fingerprint density at radius 1 is 1.11 bits per heavy atom. The molecule has 1 amide bonds. The topological polar surface area (TPSA) is 104 Å². The van der Waals surface area contributed by atoms with Crippen molar-refractivity contribution in [1.29, 1.82) is 0 Å². The zero-order chi connectivity index (χ0) is 20.2. The van der Waals surface area contributed by atoms with E-state index < -0.39 is 27.8 Å². The number of aliphatic carboxylic acids is 1. The minimum Gasteiger partial charge on any atom is -0.481 e. The van der Waals surface area contributed by atoms with Crippen LogP contribution in [0.2, 0.25) is 0 Å². The van der Waals surface area contributed by atoms with Crippen LogP contribution >= 0.6 is 0 Å². The molecule has 2 rings (SSSR count). The Kier molecular flexibility index (Phi) is 6.22. The summed E-state index contributed by atoms with van der Waals surface area (Å²) in [6.07, 6.45) is 0. The molecule has 0 aromatic heterocycles. The van der Waals surface area contributed by atoms with Crippen molar-refractivity contribution in [3.8, 4) is 0 Å². The van der Waals surface area contributed by atoms with Gasteiger partial charge < -0.3 is 10.0 Å². The molecule has 0 radical (unpaired) electrons. The first kappa shape index (κ1) is 20.4. The van der Waals surface area contributed by atoms with E-state index >= 15 is 0 Å². The van der Waals surface area contributed by atoms with Crippen molar-refractivity contribution in [3.05, 3.63) is 59.7 Å². The number of carbonyl (C=O) groups excluding carboxylic acids is 1. The summed E-state index contributed by atoms with van der Waals surface area (Å²) in [6, 6.07) is 12.6. The number of aryl methyl sites for hydroxylation is 1. The minimum atomic E-state index is -3.86. The van der Waals surface area contributed by atoms with E-state index in [9.17, 15) is 18.0 Å². The van der Waals surface area contributed by atoms with Crippen molar-refractivity contribution in [3.63, 3.8) is 0 Å². The highest BCUT2D eigenvalue weighted by atomic mass is 32.2. The van der Waals surface area contributed by atoms with E-state index in [1.54, 1.807) is 24.3 Å². The van der Waals surface area contributed by atoms with E-state index in [0.29, 0.717) is 0 Å². The number of sulfonamides is 1. The Morgan fingerprint density at radius 2 is 1.70 bits per heavy atom. The van der Waals surface area contributed by atoms with Crippen LogP contribution < -0.4 is 4.72 Å². The van der Waals surface area contributed by atoms with Crippen LogP contribution in [0.25, 0.3) is 0 Å². The van der Waals surface area contributed by atoms with Gasteiger partial charge in [-0.1, -0.05) is 36.8 Å². The third-order valence-corrected chi connectivity index (χ3v) is 5.43. The van der Waals surface area contributed by atoms with Gasteiger partial charge in [-0.2, -0.15) is 0 Å². The molecule has 0 aliphatic heterocycles. The second-order valence-corrected chi connectivity index (χ2v) is 8.07. The van der Waals surface area contributed by atoms with Crippen LogP contribution in [0.4, 0.5) is 5.69 Å². The molecule has 0 saturated carbocycles. The number of nitrogens with one attached hydrogen (secondary N) is 1. The van der Waals surface area contributed by atoms with Gasteiger partial charge >= 0.3 is 5.97 Å². The summed E-state index contributed by atoms with van der Waals surface area (Å²) in [7, 11) is -2.38. The molecule has 2 N–H and O–H groups in total. The Balaban J connectivity index is 2.28. The summed E-state index contributed by atoms with van der Waals surface area (Å²) < 4.78 is 27.7. The molecule has 7 nitrogen and oxygen atoms in total. The van der Waals surface area contributed by atoms with Crippen molar-refractivity contribution in [2.45, 2.75) is 18.7 Å². The Bertz CT molecular complexity index is 939. The van der Waals surface area contributed by atoms with Gasteiger partial charge in [0.2, 0.25) is 0 Å². The predicted octanol–water partition coefficient (Wildman–Crippen LogP) is 2.59. The second-order valence-electron chi connectivity index (χ2n) is 6.39. The molecule has 0 spiro atoms. The molecule has 0 saturated heterocycles. The molecule has 0 fully saturated rings. The van der Waals surface area contributed by atoms with Crippen LogP contribution in [0.5, 0.6) is 0 Å². The van der Waals surface area contributed by atoms with Gasteiger partial charge in [-0.25, -0.2) is 8.42 Å². The Hall–Kier alpha value is -2.87. The van der Waals surface area contributed by atoms with Gasteiger partial charge in [0, 0.05) is 13.6 Å². The molecule has 144 valence electrons. The fraction of sp³-hybridized carbons (Fsp3) is 0.263. The van der Waals surface area contributed by atoms with Crippen molar-refractivity contribution in [1.82, 2.24) is 4.90 Å². The number of benzene rings is 2. The number of para-hydroxylation sites is 1. The molecule has 2 aromatic carbocycles. The van der Waals surface area contributed by atoms with Crippen LogP contribution in [-0.2, 0) is 14.8 Å². The van der Waals surface area contributed by atoms with Crippen molar-refractivity contribution >= 4 is 27.6 Å². The van der Waals surface area contributed by atoms with Crippen molar-refractivity contribution in [2.24, 2.45) is 5.92 Å². The molecule has 0 heterocycles. The third-order valence-electron chi connectivity index (χ3n) is 4.05. The first-order valence-corrected chi connectivity index (χ1v) is 9.77. The molecule has 1 unspecified atom stereocenters. The van der Waals surface area contributed by atoms with E-state index in [4.69, 9.17) is 5.11 Å². The Labute approximate surface area is 158 Å². The van der Waals surface area contributed by atoms with Gasteiger partial charge in [-0.3, -0.25) is 14.3 Å². The maximum Gasteiger partial charge on any atom is 0.308 e. The summed E-state index contributed by atoms with van der Waals surface area (Å²) >= 11 is 0. The van der Waals surface area contributed by atoms with E-state index in [2.05, 4.69) is 4.72 Å². The van der Waals surface area contributed by atoms with Gasteiger partial charge in [0.25, 0.3) is 15.9 Å². The average molecular weight is 390 g/mol. The maximum atomic E-state index is 12.7. The number of anilines is 1. The van der Waals surface area contributed by atoms with Crippen LogP contribution in [-0.4, -0.2) is 43.9 Å². The summed E-state index contributed by atoms with van der Waals surface area (Å²) in [5.41, 5.74) is 1.21. The molecule has 0 aliphatic rings. The molecule has 1 atom stereocenters. The minimum absolute atomic E-state index is 0.00716. The average Bonchev–Trinajstić information content (AvgIpc) is 2.61. The molecular weight excluding hydrogens is 368 g/mol. The number of amides is 1. The Morgan fingerprint density at radius 3 is 2.30 bits per heavy atom. The normalized spacial score (nSPS) is 12.3. The lowest BCUT2D eigenvalue weighted by Gasteiger charge is -2.21. The number of hydrogen-bond acceptors (Lipinski definition) is 4. The fourth-order valence-electron chi connectivity index (χ4n) is 2.46. The smallest absolute Gasteiger partial charge is 0.308 e. The number of hydrogen-bond donors (Lipinski definition) is 2. The van der Waals surface area contributed by atoms with Crippen LogP contribution in [0, 0.1) is 12.8 Å². The van der Waals surface area contributed by atoms with E-state index in [-0.39, 0.29) is 22.7 Å². The highest BCUT2D eigenvalue weighted by Crippen LogP contribution is 2.22. The quantitative estimate of drug-likeness (QED) is 0.756. The zero-order valence-electron chi connectivity index (χ0n) is 15.3. The number of carboxylic acid groups (broad SMARTS) is 1. The summed E-state index contributed by atoms with van der Waals surface area (Å²) in [6.45, 7) is 3.36. The van der Waals surface area contributed by atoms with Crippen molar-refractivity contribution < 1.29 is 23.1 Å². The molecule has 27 heavy (non-hydrogen) atoms. The number of rotatable bonds is 7. The molecular formula is C19H22N2O5S. The molecule has 0 bridgehead atoms. The van der Waals surface area contributed by atoms with E-state index in [0.717, 1.165) is 5.56 Å². The SMILES string of the molecule is Cc1ccc(S(=O)(=O)Nc2ccccc2C(=O)N(C)CC(C)C(=O)O)cc1. The number of carbonyl (C=O) groups is 2. The lowest BCUT2D eigenvalue weighted by Crippen LogP contribution is -2.34. The van der Waals surface area contributed by atoms with Crippen LogP contribution in [0.1, 0.15) is 22.8 Å². The number of carboxylic acids is 1. The summed E-state index contributed by atoms with van der Waals surface area (Å²) in [4.78, 5) is 25.0. The maximum absolute atomic E-state index is 12.7. The van der Waals surface area contributed by atoms with Crippen LogP contribution in [0.15, 0.2) is 53.4 Å². The second kappa shape index (κ2) is 8.22. The highest BCUT2D eigenvalue weighted by molar-refractivity contribution is 7.92. The lowest BCUT2D eigenvalue weighted by molar-refractivity contribution is -0.141. The predicted molar refractivity (Wildman–Crippen MR) is 102 cm³/mol. The summed E-state index contributed by atoms with van der Waals surface area (Å²) in [5.74, 6) is -2.22. The molecule has 0 aliphatic carbocycles. The zero-order valence-corrected chi connectivity index (χ0v) is 16.2. The lowest BCUT2D eigenvalue weighted by atomic mass is 10.1. The van der Waals surface area contributed by atoms with Gasteiger partial charge in [-0.15, -0.1) is 0 Å². The fourth-order valence-corrected chi connectivity index (χ4v) is 3.54. The van der Waals surface area contributed by atoms with E-state index in [1.807, 2.05) is 6.92 Å².